The second-order valence-corrected chi connectivity index (χ2v) is 13.9. The summed E-state index contributed by atoms with van der Waals surface area (Å²) in [5.74, 6) is 1.54. The van der Waals surface area contributed by atoms with Crippen LogP contribution in [0.3, 0.4) is 0 Å². The van der Waals surface area contributed by atoms with Crippen LogP contribution in [0.4, 0.5) is 4.79 Å². The van der Waals surface area contributed by atoms with Gasteiger partial charge >= 0.3 is 6.09 Å². The van der Waals surface area contributed by atoms with Crippen molar-refractivity contribution in [3.63, 3.8) is 0 Å². The molecule has 1 heterocycles. The van der Waals surface area contributed by atoms with Crippen LogP contribution in [0.25, 0.3) is 0 Å². The van der Waals surface area contributed by atoms with Crippen LogP contribution >= 0.6 is 0 Å². The van der Waals surface area contributed by atoms with Gasteiger partial charge in [0.05, 0.1) is 23.9 Å². The zero-order valence-corrected chi connectivity index (χ0v) is 22.1. The van der Waals surface area contributed by atoms with Crippen molar-refractivity contribution in [3.05, 3.63) is 0 Å². The monoisotopic (exact) mass is 496 g/mol. The zero-order valence-electron chi connectivity index (χ0n) is 21.3. The normalized spacial score (nSPS) is 35.5. The molecule has 0 aromatic heterocycles. The van der Waals surface area contributed by atoms with Gasteiger partial charge in [0.15, 0.2) is 0 Å². The number of amides is 2. The minimum atomic E-state index is -2.97. The Kier molecular flexibility index (Phi) is 8.15. The molecular formula is C26H44N2O5S. The molecule has 4 atom stereocenters. The number of nitrogens with zero attached hydrogens (tertiary/aromatic N) is 2. The molecule has 0 radical (unpaired) electrons. The molecule has 194 valence electrons. The Morgan fingerprint density at radius 2 is 1.53 bits per heavy atom. The summed E-state index contributed by atoms with van der Waals surface area (Å²) in [5, 5.41) is -0.199. The number of ether oxygens (including phenoxy) is 1. The van der Waals surface area contributed by atoms with Crippen molar-refractivity contribution in [1.82, 2.24) is 9.80 Å². The first kappa shape index (κ1) is 25.8. The van der Waals surface area contributed by atoms with E-state index < -0.39 is 9.84 Å². The van der Waals surface area contributed by atoms with Crippen LogP contribution in [0.15, 0.2) is 0 Å². The summed E-state index contributed by atoms with van der Waals surface area (Å²) in [6.45, 7) is 4.72. The first-order valence-electron chi connectivity index (χ1n) is 13.6. The molecule has 0 N–H and O–H groups in total. The molecule has 0 aromatic carbocycles. The molecule has 0 aromatic rings. The maximum Gasteiger partial charge on any atom is 0.410 e. The van der Waals surface area contributed by atoms with E-state index in [1.807, 2.05) is 16.7 Å². The van der Waals surface area contributed by atoms with Gasteiger partial charge in [-0.2, -0.15) is 0 Å². The van der Waals surface area contributed by atoms with E-state index in [0.29, 0.717) is 30.9 Å². The molecule has 0 bridgehead atoms. The van der Waals surface area contributed by atoms with Gasteiger partial charge in [0, 0.05) is 25.8 Å². The second kappa shape index (κ2) is 10.8. The number of sulfone groups is 1. The average Bonchev–Trinajstić information content (AvgIpc) is 2.81. The van der Waals surface area contributed by atoms with E-state index in [0.717, 1.165) is 57.8 Å². The van der Waals surface area contributed by atoms with E-state index in [9.17, 15) is 18.0 Å². The molecule has 0 spiro atoms. The Morgan fingerprint density at radius 3 is 2.15 bits per heavy atom. The Bertz CT molecular complexity index is 832. The Balaban J connectivity index is 1.43. The number of carbonyl (C=O) groups excluding carboxylic acids is 2. The van der Waals surface area contributed by atoms with Crippen molar-refractivity contribution in [3.8, 4) is 0 Å². The summed E-state index contributed by atoms with van der Waals surface area (Å²) in [4.78, 5) is 29.8. The SMILES string of the molecule is CC(=O)N1C2CCC(C3CCC(S(C)(=O)=O)CC3)CC2N(C(=O)OCC2CCCCC2)C[C@@H]1C. The minimum absolute atomic E-state index is 0.00895. The Morgan fingerprint density at radius 1 is 0.882 bits per heavy atom. The molecule has 1 aliphatic heterocycles. The third-order valence-corrected chi connectivity index (χ3v) is 11.0. The average molecular weight is 497 g/mol. The second-order valence-electron chi connectivity index (χ2n) is 11.6. The van der Waals surface area contributed by atoms with Crippen molar-refractivity contribution in [2.45, 2.75) is 114 Å². The summed E-state index contributed by atoms with van der Waals surface area (Å²) in [7, 11) is -2.97. The molecule has 8 heteroatoms. The lowest BCUT2D eigenvalue weighted by molar-refractivity contribution is -0.142. The van der Waals surface area contributed by atoms with Gasteiger partial charge in [-0.1, -0.05) is 19.3 Å². The van der Waals surface area contributed by atoms with Crippen molar-refractivity contribution in [1.29, 1.82) is 0 Å². The van der Waals surface area contributed by atoms with Crippen molar-refractivity contribution >= 4 is 21.8 Å². The molecule has 7 nitrogen and oxygen atoms in total. The maximum atomic E-state index is 13.3. The third kappa shape index (κ3) is 5.73. The molecule has 4 rings (SSSR count). The maximum absolute atomic E-state index is 13.3. The molecular weight excluding hydrogens is 452 g/mol. The Hall–Kier alpha value is -1.31. The van der Waals surface area contributed by atoms with Gasteiger partial charge in [-0.15, -0.1) is 0 Å². The summed E-state index contributed by atoms with van der Waals surface area (Å²) < 4.78 is 29.8. The molecule has 3 saturated carbocycles. The lowest BCUT2D eigenvalue weighted by Gasteiger charge is -2.54. The van der Waals surface area contributed by atoms with Gasteiger partial charge in [0.1, 0.15) is 9.84 Å². The molecule has 3 aliphatic carbocycles. The van der Waals surface area contributed by atoms with Crippen LogP contribution in [0.1, 0.15) is 90.9 Å². The summed E-state index contributed by atoms with van der Waals surface area (Å²) in [5.41, 5.74) is 0. The van der Waals surface area contributed by atoms with E-state index in [1.54, 1.807) is 6.92 Å². The highest BCUT2D eigenvalue weighted by molar-refractivity contribution is 7.91. The van der Waals surface area contributed by atoms with Gasteiger partial charge < -0.3 is 14.5 Å². The van der Waals surface area contributed by atoms with Gasteiger partial charge in [-0.05, 0) is 82.5 Å². The number of hydrogen-bond acceptors (Lipinski definition) is 5. The summed E-state index contributed by atoms with van der Waals surface area (Å²) in [6.07, 6.45) is 13.4. The van der Waals surface area contributed by atoms with Crippen molar-refractivity contribution < 1.29 is 22.7 Å². The first-order valence-corrected chi connectivity index (χ1v) is 15.5. The van der Waals surface area contributed by atoms with Gasteiger partial charge in [-0.25, -0.2) is 13.2 Å². The fraction of sp³-hybridized carbons (Fsp3) is 0.923. The molecule has 2 amide bonds. The summed E-state index contributed by atoms with van der Waals surface area (Å²) in [6, 6.07) is 0.0279. The third-order valence-electron chi connectivity index (χ3n) is 9.27. The van der Waals surface area contributed by atoms with Crippen molar-refractivity contribution in [2.24, 2.45) is 17.8 Å². The van der Waals surface area contributed by atoms with E-state index in [-0.39, 0.29) is 35.4 Å². The molecule has 34 heavy (non-hydrogen) atoms. The first-order chi connectivity index (χ1) is 16.1. The lowest BCUT2D eigenvalue weighted by Crippen LogP contribution is -2.67. The minimum Gasteiger partial charge on any atom is -0.449 e. The fourth-order valence-corrected chi connectivity index (χ4v) is 8.58. The van der Waals surface area contributed by atoms with Gasteiger partial charge in [0.2, 0.25) is 5.91 Å². The number of carbonyl (C=O) groups is 2. The van der Waals surface area contributed by atoms with E-state index >= 15 is 0 Å². The molecule has 4 aliphatic rings. The van der Waals surface area contributed by atoms with Crippen LogP contribution in [-0.2, 0) is 19.4 Å². The Labute approximate surface area is 205 Å². The lowest BCUT2D eigenvalue weighted by atomic mass is 9.69. The quantitative estimate of drug-likeness (QED) is 0.576. The number of piperazine rings is 1. The van der Waals surface area contributed by atoms with Crippen LogP contribution in [0, 0.1) is 17.8 Å². The standard InChI is InChI=1S/C26H44N2O5S/c1-18-16-27(26(30)33-17-20-7-5-4-6-8-20)25-15-22(11-14-24(25)28(18)19(2)29)21-9-12-23(13-10-21)34(3,31)32/h18,20-25H,4-17H2,1-3H3/t18-,21?,22?,23?,24?,25?/m0/s1. The van der Waals surface area contributed by atoms with Crippen LogP contribution < -0.4 is 0 Å². The van der Waals surface area contributed by atoms with Crippen LogP contribution in [-0.4, -0.2) is 73.0 Å². The highest BCUT2D eigenvalue weighted by Crippen LogP contribution is 2.43. The van der Waals surface area contributed by atoms with Gasteiger partial charge in [0.25, 0.3) is 0 Å². The van der Waals surface area contributed by atoms with Crippen LogP contribution in [0.5, 0.6) is 0 Å². The zero-order chi connectivity index (χ0) is 24.5. The van der Waals surface area contributed by atoms with Crippen LogP contribution in [0.2, 0.25) is 0 Å². The fourth-order valence-electron chi connectivity index (χ4n) is 7.45. The van der Waals surface area contributed by atoms with E-state index in [4.69, 9.17) is 4.74 Å². The largest absolute Gasteiger partial charge is 0.449 e. The topological polar surface area (TPSA) is 84.0 Å². The smallest absolute Gasteiger partial charge is 0.410 e. The molecule has 1 saturated heterocycles. The van der Waals surface area contributed by atoms with E-state index in [1.165, 1.54) is 25.5 Å². The van der Waals surface area contributed by atoms with Gasteiger partial charge in [-0.3, -0.25) is 4.79 Å². The summed E-state index contributed by atoms with van der Waals surface area (Å²) >= 11 is 0. The number of hydrogen-bond donors (Lipinski definition) is 0. The predicted molar refractivity (Wildman–Crippen MR) is 132 cm³/mol. The molecule has 4 fully saturated rings. The number of rotatable bonds is 4. The number of fused-ring (bicyclic) bond motifs is 1. The van der Waals surface area contributed by atoms with E-state index in [2.05, 4.69) is 0 Å². The highest BCUT2D eigenvalue weighted by Gasteiger charge is 2.48. The van der Waals surface area contributed by atoms with Crippen molar-refractivity contribution in [2.75, 3.05) is 19.4 Å². The highest BCUT2D eigenvalue weighted by atomic mass is 32.2. The predicted octanol–water partition coefficient (Wildman–Crippen LogP) is 4.40. The molecule has 3 unspecified atom stereocenters.